The van der Waals surface area contributed by atoms with Crippen molar-refractivity contribution in [1.29, 1.82) is 0 Å². The van der Waals surface area contributed by atoms with Gasteiger partial charge in [0.05, 0.1) is 22.5 Å². The van der Waals surface area contributed by atoms with Crippen molar-refractivity contribution >= 4 is 39.5 Å². The van der Waals surface area contributed by atoms with Crippen LogP contribution in [-0.2, 0) is 0 Å². The summed E-state index contributed by atoms with van der Waals surface area (Å²) in [6, 6.07) is 58.5. The lowest BCUT2D eigenvalue weighted by Gasteiger charge is -2.32. The molecule has 0 atom stereocenters. The maximum atomic E-state index is 3.59. The van der Waals surface area contributed by atoms with Crippen LogP contribution in [0.15, 0.2) is 182 Å². The lowest BCUT2D eigenvalue weighted by Crippen LogP contribution is -2.19. The largest absolute Gasteiger partial charge is 0.314 e. The monoisotopic (exact) mass is 652 g/mol. The van der Waals surface area contributed by atoms with Crippen LogP contribution in [-0.4, -0.2) is 4.57 Å². The van der Waals surface area contributed by atoms with Gasteiger partial charge in [-0.2, -0.15) is 0 Å². The van der Waals surface area contributed by atoms with Crippen molar-refractivity contribution < 1.29 is 0 Å². The molecule has 242 valence electrons. The maximum Gasteiger partial charge on any atom is 0.0628 e. The van der Waals surface area contributed by atoms with Crippen molar-refractivity contribution in [2.24, 2.45) is 0 Å². The molecule has 0 fully saturated rings. The standard InChI is InChI=1S/C49H36N2/c1-4-15-36(16-5-1)38-27-31-42(32-28-38)50(43-33-29-39(30-34-43)37-17-6-2-7-18-37)47-25-12-10-22-44(47)40-19-14-24-46-45-23-11-13-26-48(45)51(49(46)35-40)41-20-8-3-9-21-41/h1-13,15-18,20-23,25-29,31-33,35H,19,30,34H2. The second-order valence-electron chi connectivity index (χ2n) is 13.1. The van der Waals surface area contributed by atoms with Gasteiger partial charge >= 0.3 is 0 Å². The molecule has 0 aliphatic heterocycles. The molecular formula is C49H36N2. The molecule has 2 nitrogen and oxygen atoms in total. The predicted octanol–water partition coefficient (Wildman–Crippen LogP) is 12.5. The van der Waals surface area contributed by atoms with Gasteiger partial charge in [0.2, 0.25) is 0 Å². The molecule has 6 aromatic carbocycles. The molecule has 0 N–H and O–H groups in total. The highest BCUT2D eigenvalue weighted by molar-refractivity contribution is 5.99. The Morgan fingerprint density at radius 1 is 0.529 bits per heavy atom. The molecule has 0 spiro atoms. The van der Waals surface area contributed by atoms with E-state index in [-0.39, 0.29) is 0 Å². The summed E-state index contributed by atoms with van der Waals surface area (Å²) in [7, 11) is 0. The summed E-state index contributed by atoms with van der Waals surface area (Å²) in [5.74, 6) is 7.16. The van der Waals surface area contributed by atoms with Crippen LogP contribution in [0.4, 0.5) is 11.4 Å². The smallest absolute Gasteiger partial charge is 0.0628 e. The number of fused-ring (bicyclic) bond motifs is 3. The van der Waals surface area contributed by atoms with E-state index in [4.69, 9.17) is 0 Å². The summed E-state index contributed by atoms with van der Waals surface area (Å²) in [4.78, 5) is 2.47. The molecule has 0 saturated heterocycles. The van der Waals surface area contributed by atoms with E-state index in [1.807, 2.05) is 0 Å². The Hall–Kier alpha value is -6.56. The van der Waals surface area contributed by atoms with Gasteiger partial charge in [0.1, 0.15) is 0 Å². The van der Waals surface area contributed by atoms with E-state index in [1.54, 1.807) is 0 Å². The van der Waals surface area contributed by atoms with Crippen LogP contribution in [0, 0.1) is 11.8 Å². The average Bonchev–Trinajstić information content (AvgIpc) is 3.35. The molecule has 7 aromatic rings. The zero-order valence-corrected chi connectivity index (χ0v) is 28.3. The summed E-state index contributed by atoms with van der Waals surface area (Å²) in [5, 5.41) is 1.18. The highest BCUT2D eigenvalue weighted by Gasteiger charge is 2.24. The van der Waals surface area contributed by atoms with Crippen molar-refractivity contribution in [3.63, 3.8) is 0 Å². The van der Waals surface area contributed by atoms with Crippen LogP contribution in [0.2, 0.25) is 0 Å². The lowest BCUT2D eigenvalue weighted by atomic mass is 9.93. The summed E-state index contributed by atoms with van der Waals surface area (Å²) in [6.45, 7) is 0. The van der Waals surface area contributed by atoms with Crippen LogP contribution < -0.4 is 4.90 Å². The van der Waals surface area contributed by atoms with Crippen molar-refractivity contribution in [2.45, 2.75) is 19.3 Å². The van der Waals surface area contributed by atoms with Gasteiger partial charge in [-0.25, -0.2) is 0 Å². The first kappa shape index (κ1) is 30.5. The highest BCUT2D eigenvalue weighted by Crippen LogP contribution is 2.42. The Labute approximate surface area is 300 Å². The van der Waals surface area contributed by atoms with Gasteiger partial charge < -0.3 is 9.47 Å². The zero-order valence-electron chi connectivity index (χ0n) is 28.3. The SMILES string of the molecule is C1#Cc2c(n(-c3ccccc3)c3ccccc23)C=C(c2ccccc2N(C2=CC=C(c3ccccc3)CC2)c2ccc(-c3ccccc3)cc2)C1. The van der Waals surface area contributed by atoms with E-state index in [2.05, 4.69) is 203 Å². The summed E-state index contributed by atoms with van der Waals surface area (Å²) >= 11 is 0. The average molecular weight is 653 g/mol. The van der Waals surface area contributed by atoms with E-state index in [0.29, 0.717) is 6.42 Å². The number of anilines is 2. The van der Waals surface area contributed by atoms with Crippen molar-refractivity contribution in [3.8, 4) is 28.7 Å². The third-order valence-electron chi connectivity index (χ3n) is 10.0. The summed E-state index contributed by atoms with van der Waals surface area (Å²) < 4.78 is 2.37. The first-order valence-electron chi connectivity index (χ1n) is 17.7. The van der Waals surface area contributed by atoms with Crippen molar-refractivity contribution in [2.75, 3.05) is 4.90 Å². The minimum atomic E-state index is 0.659. The zero-order chi connectivity index (χ0) is 34.0. The predicted molar refractivity (Wildman–Crippen MR) is 215 cm³/mol. The normalized spacial score (nSPS) is 13.6. The number of nitrogens with zero attached hydrogens (tertiary/aromatic N) is 2. The van der Waals surface area contributed by atoms with Crippen LogP contribution in [0.25, 0.3) is 44.9 Å². The molecule has 0 saturated carbocycles. The Morgan fingerprint density at radius 3 is 1.92 bits per heavy atom. The second kappa shape index (κ2) is 13.4. The lowest BCUT2D eigenvalue weighted by molar-refractivity contribution is 0.929. The molecule has 2 aliphatic rings. The van der Waals surface area contributed by atoms with E-state index in [9.17, 15) is 0 Å². The Balaban J connectivity index is 1.20. The minimum Gasteiger partial charge on any atom is -0.314 e. The van der Waals surface area contributed by atoms with Gasteiger partial charge in [-0.05, 0) is 89.2 Å². The Bertz CT molecular complexity index is 2520. The topological polar surface area (TPSA) is 8.17 Å². The second-order valence-corrected chi connectivity index (χ2v) is 13.1. The Kier molecular flexibility index (Phi) is 8.01. The van der Waals surface area contributed by atoms with Gasteiger partial charge in [0.25, 0.3) is 0 Å². The molecule has 1 aromatic heterocycles. The number of hydrogen-bond acceptors (Lipinski definition) is 1. The van der Waals surface area contributed by atoms with E-state index in [0.717, 1.165) is 41.2 Å². The van der Waals surface area contributed by atoms with Crippen LogP contribution in [0.1, 0.15) is 41.6 Å². The first-order chi connectivity index (χ1) is 25.3. The number of aromatic nitrogens is 1. The molecule has 9 rings (SSSR count). The van der Waals surface area contributed by atoms with Crippen molar-refractivity contribution in [1.82, 2.24) is 4.57 Å². The van der Waals surface area contributed by atoms with Crippen molar-refractivity contribution in [3.05, 3.63) is 204 Å². The molecule has 0 amide bonds. The molecule has 51 heavy (non-hydrogen) atoms. The third kappa shape index (κ3) is 5.80. The van der Waals surface area contributed by atoms with Crippen LogP contribution in [0.5, 0.6) is 0 Å². The maximum absolute atomic E-state index is 3.59. The van der Waals surface area contributed by atoms with Gasteiger partial charge in [-0.3, -0.25) is 0 Å². The van der Waals surface area contributed by atoms with Gasteiger partial charge in [-0.15, -0.1) is 0 Å². The third-order valence-corrected chi connectivity index (χ3v) is 10.0. The fourth-order valence-corrected chi connectivity index (χ4v) is 7.54. The molecule has 0 radical (unpaired) electrons. The number of hydrogen-bond donors (Lipinski definition) is 0. The van der Waals surface area contributed by atoms with Gasteiger partial charge in [0, 0.05) is 34.4 Å². The molecule has 1 heterocycles. The number of benzene rings is 6. The molecular weight excluding hydrogens is 617 g/mol. The fourth-order valence-electron chi connectivity index (χ4n) is 7.54. The molecule has 2 heteroatoms. The minimum absolute atomic E-state index is 0.659. The molecule has 0 bridgehead atoms. The quantitative estimate of drug-likeness (QED) is 0.156. The fraction of sp³-hybridized carbons (Fsp3) is 0.0612. The number of para-hydroxylation sites is 3. The molecule has 0 unspecified atom stereocenters. The summed E-state index contributed by atoms with van der Waals surface area (Å²) in [5.41, 5.74) is 15.6. The van der Waals surface area contributed by atoms with Crippen LogP contribution >= 0.6 is 0 Å². The number of allylic oxidation sites excluding steroid dienone is 5. The number of rotatable bonds is 7. The van der Waals surface area contributed by atoms with Crippen LogP contribution in [0.3, 0.4) is 0 Å². The summed E-state index contributed by atoms with van der Waals surface area (Å²) in [6.07, 6.45) is 9.57. The van der Waals surface area contributed by atoms with E-state index < -0.39 is 0 Å². The molecule has 2 aliphatic carbocycles. The Morgan fingerprint density at radius 2 is 1.18 bits per heavy atom. The van der Waals surface area contributed by atoms with Gasteiger partial charge in [-0.1, -0.05) is 145 Å². The van der Waals surface area contributed by atoms with E-state index >= 15 is 0 Å². The first-order valence-corrected chi connectivity index (χ1v) is 17.7. The van der Waals surface area contributed by atoms with E-state index in [1.165, 1.54) is 50.0 Å². The van der Waals surface area contributed by atoms with Gasteiger partial charge in [0.15, 0.2) is 0 Å². The highest BCUT2D eigenvalue weighted by atomic mass is 15.2.